The number of esters is 1. The summed E-state index contributed by atoms with van der Waals surface area (Å²) >= 11 is 0. The fourth-order valence-electron chi connectivity index (χ4n) is 3.30. The standard InChI is InChI=1S/C27H29NO4/c1-2-3-10-19-31-24-17-15-23(16-18-24)27(30)32-20-25(29)28-26(21-11-6-4-7-12-21)22-13-8-5-9-14-22/h4-9,11-18,26H,2-3,10,19-20H2,1H3,(H,28,29). The molecule has 3 aromatic carbocycles. The zero-order valence-corrected chi connectivity index (χ0v) is 18.3. The maximum Gasteiger partial charge on any atom is 0.338 e. The van der Waals surface area contributed by atoms with Crippen LogP contribution in [0, 0.1) is 0 Å². The minimum absolute atomic E-state index is 0.326. The maximum absolute atomic E-state index is 12.6. The van der Waals surface area contributed by atoms with E-state index in [4.69, 9.17) is 9.47 Å². The molecule has 0 bridgehead atoms. The van der Waals surface area contributed by atoms with E-state index in [2.05, 4.69) is 12.2 Å². The number of carbonyl (C=O) groups is 2. The highest BCUT2D eigenvalue weighted by Gasteiger charge is 2.18. The van der Waals surface area contributed by atoms with Crippen molar-refractivity contribution in [3.05, 3.63) is 102 Å². The summed E-state index contributed by atoms with van der Waals surface area (Å²) in [6.07, 6.45) is 3.27. The van der Waals surface area contributed by atoms with Crippen LogP contribution < -0.4 is 10.1 Å². The van der Waals surface area contributed by atoms with Crippen molar-refractivity contribution in [2.45, 2.75) is 32.2 Å². The first kappa shape index (κ1) is 23.1. The second-order valence-corrected chi connectivity index (χ2v) is 7.48. The van der Waals surface area contributed by atoms with E-state index in [1.165, 1.54) is 0 Å². The summed E-state index contributed by atoms with van der Waals surface area (Å²) in [6, 6.07) is 25.8. The van der Waals surface area contributed by atoms with Crippen molar-refractivity contribution in [2.75, 3.05) is 13.2 Å². The number of ether oxygens (including phenoxy) is 2. The molecule has 0 radical (unpaired) electrons. The van der Waals surface area contributed by atoms with Crippen LogP contribution in [-0.4, -0.2) is 25.1 Å². The van der Waals surface area contributed by atoms with Crippen LogP contribution in [-0.2, 0) is 9.53 Å². The van der Waals surface area contributed by atoms with Gasteiger partial charge in [0, 0.05) is 0 Å². The van der Waals surface area contributed by atoms with E-state index in [0.29, 0.717) is 17.9 Å². The number of unbranched alkanes of at least 4 members (excludes halogenated alkanes) is 2. The lowest BCUT2D eigenvalue weighted by molar-refractivity contribution is -0.124. The summed E-state index contributed by atoms with van der Waals surface area (Å²) < 4.78 is 10.9. The minimum Gasteiger partial charge on any atom is -0.494 e. The van der Waals surface area contributed by atoms with Crippen LogP contribution in [0.3, 0.4) is 0 Å². The molecule has 3 aromatic rings. The van der Waals surface area contributed by atoms with Gasteiger partial charge in [-0.15, -0.1) is 0 Å². The molecular formula is C27H29NO4. The fraction of sp³-hybridized carbons (Fsp3) is 0.259. The molecule has 3 rings (SSSR count). The SMILES string of the molecule is CCCCCOc1ccc(C(=O)OCC(=O)NC(c2ccccc2)c2ccccc2)cc1. The van der Waals surface area contributed by atoms with Crippen molar-refractivity contribution >= 4 is 11.9 Å². The molecule has 0 atom stereocenters. The summed E-state index contributed by atoms with van der Waals surface area (Å²) in [4.78, 5) is 24.9. The average molecular weight is 432 g/mol. The van der Waals surface area contributed by atoms with Crippen molar-refractivity contribution in [3.63, 3.8) is 0 Å². The lowest BCUT2D eigenvalue weighted by Crippen LogP contribution is -2.33. The van der Waals surface area contributed by atoms with Crippen molar-refractivity contribution < 1.29 is 19.1 Å². The van der Waals surface area contributed by atoms with Gasteiger partial charge in [0.1, 0.15) is 5.75 Å². The minimum atomic E-state index is -0.548. The van der Waals surface area contributed by atoms with Crippen molar-refractivity contribution in [1.29, 1.82) is 0 Å². The van der Waals surface area contributed by atoms with Crippen molar-refractivity contribution in [1.82, 2.24) is 5.32 Å². The highest BCUT2D eigenvalue weighted by Crippen LogP contribution is 2.21. The van der Waals surface area contributed by atoms with Gasteiger partial charge in [0.15, 0.2) is 6.61 Å². The predicted octanol–water partition coefficient (Wildman–Crippen LogP) is 5.32. The largest absolute Gasteiger partial charge is 0.494 e. The van der Waals surface area contributed by atoms with E-state index in [-0.39, 0.29) is 18.6 Å². The number of nitrogens with one attached hydrogen (secondary N) is 1. The van der Waals surface area contributed by atoms with Gasteiger partial charge < -0.3 is 14.8 Å². The highest BCUT2D eigenvalue weighted by molar-refractivity contribution is 5.91. The van der Waals surface area contributed by atoms with Gasteiger partial charge in [-0.25, -0.2) is 4.79 Å². The molecule has 0 fully saturated rings. The Kier molecular flexibility index (Phi) is 8.87. The molecule has 0 heterocycles. The van der Waals surface area contributed by atoms with Crippen LogP contribution >= 0.6 is 0 Å². The second kappa shape index (κ2) is 12.3. The number of amides is 1. The Labute approximate surface area is 189 Å². The first-order chi connectivity index (χ1) is 15.7. The first-order valence-electron chi connectivity index (χ1n) is 11.0. The van der Waals surface area contributed by atoms with Crippen molar-refractivity contribution in [3.8, 4) is 5.75 Å². The molecule has 0 aliphatic heterocycles. The summed E-state index contributed by atoms with van der Waals surface area (Å²) in [5, 5.41) is 2.96. The van der Waals surface area contributed by atoms with Gasteiger partial charge in [-0.05, 0) is 41.8 Å². The molecule has 166 valence electrons. The monoisotopic (exact) mass is 431 g/mol. The molecule has 1 amide bonds. The molecule has 0 aliphatic carbocycles. The smallest absolute Gasteiger partial charge is 0.338 e. The maximum atomic E-state index is 12.6. The number of benzene rings is 3. The van der Waals surface area contributed by atoms with Crippen LogP contribution in [0.2, 0.25) is 0 Å². The Bertz CT molecular complexity index is 932. The van der Waals surface area contributed by atoms with Gasteiger partial charge in [-0.1, -0.05) is 80.4 Å². The number of hydrogen-bond donors (Lipinski definition) is 1. The van der Waals surface area contributed by atoms with Crippen LogP contribution in [0.15, 0.2) is 84.9 Å². The Morgan fingerprint density at radius 2 is 1.41 bits per heavy atom. The summed E-state index contributed by atoms with van der Waals surface area (Å²) in [5.74, 6) is -0.204. The Morgan fingerprint density at radius 3 is 1.97 bits per heavy atom. The third-order valence-corrected chi connectivity index (χ3v) is 5.01. The topological polar surface area (TPSA) is 64.6 Å². The van der Waals surface area contributed by atoms with E-state index in [1.54, 1.807) is 24.3 Å². The Hall–Kier alpha value is -3.60. The lowest BCUT2D eigenvalue weighted by Gasteiger charge is -2.20. The molecule has 0 unspecified atom stereocenters. The molecule has 0 saturated carbocycles. The zero-order valence-electron chi connectivity index (χ0n) is 18.3. The quantitative estimate of drug-likeness (QED) is 0.330. The van der Waals surface area contributed by atoms with Crippen molar-refractivity contribution in [2.24, 2.45) is 0 Å². The molecule has 0 saturated heterocycles. The van der Waals surface area contributed by atoms with Gasteiger partial charge in [0.2, 0.25) is 0 Å². The number of carbonyl (C=O) groups excluding carboxylic acids is 2. The van der Waals surface area contributed by atoms with Gasteiger partial charge in [-0.3, -0.25) is 4.79 Å². The van der Waals surface area contributed by atoms with E-state index < -0.39 is 5.97 Å². The van der Waals surface area contributed by atoms with E-state index in [1.807, 2.05) is 60.7 Å². The molecule has 5 nitrogen and oxygen atoms in total. The fourth-order valence-corrected chi connectivity index (χ4v) is 3.30. The van der Waals surface area contributed by atoms with Gasteiger partial charge in [0.25, 0.3) is 5.91 Å². The molecule has 0 spiro atoms. The molecule has 0 aliphatic rings. The molecule has 0 aromatic heterocycles. The van der Waals surface area contributed by atoms with Crippen LogP contribution in [0.4, 0.5) is 0 Å². The Balaban J connectivity index is 1.54. The molecule has 1 N–H and O–H groups in total. The van der Waals surface area contributed by atoms with E-state index in [0.717, 1.165) is 30.4 Å². The first-order valence-corrected chi connectivity index (χ1v) is 11.0. The number of rotatable bonds is 11. The van der Waals surface area contributed by atoms with Gasteiger partial charge >= 0.3 is 5.97 Å². The predicted molar refractivity (Wildman–Crippen MR) is 125 cm³/mol. The third-order valence-electron chi connectivity index (χ3n) is 5.01. The van der Waals surface area contributed by atoms with E-state index >= 15 is 0 Å². The zero-order chi connectivity index (χ0) is 22.6. The van der Waals surface area contributed by atoms with E-state index in [9.17, 15) is 9.59 Å². The number of hydrogen-bond acceptors (Lipinski definition) is 4. The lowest BCUT2D eigenvalue weighted by atomic mass is 9.99. The molecular weight excluding hydrogens is 402 g/mol. The summed E-state index contributed by atoms with van der Waals surface area (Å²) in [5.41, 5.74) is 2.28. The molecule has 32 heavy (non-hydrogen) atoms. The normalized spacial score (nSPS) is 10.6. The van der Waals surface area contributed by atoms with Crippen LogP contribution in [0.25, 0.3) is 0 Å². The molecule has 5 heteroatoms. The third kappa shape index (κ3) is 6.98. The summed E-state index contributed by atoms with van der Waals surface area (Å²) in [7, 11) is 0. The highest BCUT2D eigenvalue weighted by atomic mass is 16.5. The van der Waals surface area contributed by atoms with Crippen LogP contribution in [0.1, 0.15) is 53.7 Å². The van der Waals surface area contributed by atoms with Crippen LogP contribution in [0.5, 0.6) is 5.75 Å². The Morgan fingerprint density at radius 1 is 0.812 bits per heavy atom. The average Bonchev–Trinajstić information content (AvgIpc) is 2.85. The second-order valence-electron chi connectivity index (χ2n) is 7.48. The summed E-state index contributed by atoms with van der Waals surface area (Å²) in [6.45, 7) is 2.44. The van der Waals surface area contributed by atoms with Gasteiger partial charge in [0.05, 0.1) is 18.2 Å². The van der Waals surface area contributed by atoms with Gasteiger partial charge in [-0.2, -0.15) is 0 Å².